The van der Waals surface area contributed by atoms with Crippen molar-refractivity contribution >= 4 is 0 Å². The lowest BCUT2D eigenvalue weighted by atomic mass is 10.3. The van der Waals surface area contributed by atoms with E-state index in [2.05, 4.69) is 19.2 Å². The Morgan fingerprint density at radius 1 is 1.67 bits per heavy atom. The molecule has 0 amide bonds. The van der Waals surface area contributed by atoms with Gasteiger partial charge < -0.3 is 0 Å². The topological polar surface area (TPSA) is 0 Å². The third kappa shape index (κ3) is 3.52. The zero-order chi connectivity index (χ0) is 4.83. The largest absolute Gasteiger partial charge is 0.133 e. The van der Waals surface area contributed by atoms with Crippen molar-refractivity contribution in [3.05, 3.63) is 25.3 Å². The molecule has 0 aromatic rings. The molecule has 1 radical (unpaired) electrons. The van der Waals surface area contributed by atoms with Gasteiger partial charge in [0.25, 0.3) is 0 Å². The third-order valence-electron chi connectivity index (χ3n) is 0.493. The highest BCUT2D eigenvalue weighted by Gasteiger charge is 1.64. The van der Waals surface area contributed by atoms with Crippen LogP contribution in [0.4, 0.5) is 0 Å². The number of hydrogen-bond acceptors (Lipinski definition) is 0. The maximum Gasteiger partial charge on any atom is -0.0275 e. The molecule has 0 aromatic carbocycles. The maximum absolute atomic E-state index is 3.62. The van der Waals surface area contributed by atoms with Gasteiger partial charge in [-0.1, -0.05) is 13.5 Å². The fraction of sp³-hybridized carbons (Fsp3) is 0.333. The van der Waals surface area contributed by atoms with E-state index in [1.165, 1.54) is 0 Å². The first-order valence-corrected chi connectivity index (χ1v) is 2.05. The van der Waals surface area contributed by atoms with Crippen molar-refractivity contribution in [2.24, 2.45) is 0 Å². The quantitative estimate of drug-likeness (QED) is 0.445. The Kier molecular flexibility index (Phi) is 4.16. The summed E-state index contributed by atoms with van der Waals surface area (Å²) in [4.78, 5) is 0. The lowest BCUT2D eigenvalue weighted by Gasteiger charge is -1.73. The van der Waals surface area contributed by atoms with E-state index in [1.54, 1.807) is 0 Å². The normalized spacial score (nSPS) is 6.83. The summed E-state index contributed by atoms with van der Waals surface area (Å²) in [6.45, 7) is 7.01. The summed E-state index contributed by atoms with van der Waals surface area (Å²) in [5.74, 6) is 0. The van der Waals surface area contributed by atoms with Gasteiger partial charge in [-0.25, -0.2) is 0 Å². The predicted molar refractivity (Wildman–Crippen MR) is 28.3 cm³/mol. The van der Waals surface area contributed by atoms with Gasteiger partial charge in [0.05, 0.1) is 0 Å². The summed E-state index contributed by atoms with van der Waals surface area (Å²) in [5, 5.41) is 0. The standard InChI is InChI=1S/C6H9/c1-3-5-6-4-2/h6H,1-3,5H2. The first kappa shape index (κ1) is 5.52. The average molecular weight is 81.1 g/mol. The first-order chi connectivity index (χ1) is 2.91. The maximum atomic E-state index is 3.62. The molecule has 0 unspecified atom stereocenters. The van der Waals surface area contributed by atoms with E-state index in [9.17, 15) is 0 Å². The molecule has 0 bridgehead atoms. The lowest BCUT2D eigenvalue weighted by molar-refractivity contribution is 1.05. The molecule has 0 N–H and O–H groups in total. The molecule has 0 rings (SSSR count). The van der Waals surface area contributed by atoms with Crippen LogP contribution in [0.15, 0.2) is 18.4 Å². The SMILES string of the molecule is [CH2]CCC=C=C. The zero-order valence-corrected chi connectivity index (χ0v) is 3.91. The molecule has 0 saturated heterocycles. The van der Waals surface area contributed by atoms with Crippen LogP contribution < -0.4 is 0 Å². The van der Waals surface area contributed by atoms with Crippen LogP contribution in [0, 0.1) is 6.92 Å². The van der Waals surface area contributed by atoms with Gasteiger partial charge in [0, 0.05) is 0 Å². The minimum atomic E-state index is 0.947. The van der Waals surface area contributed by atoms with E-state index in [4.69, 9.17) is 0 Å². The van der Waals surface area contributed by atoms with Crippen molar-refractivity contribution in [3.63, 3.8) is 0 Å². The second kappa shape index (κ2) is 4.52. The molecule has 6 heavy (non-hydrogen) atoms. The molecule has 0 fully saturated rings. The molecule has 0 aromatic heterocycles. The Bertz CT molecular complexity index is 56.4. The van der Waals surface area contributed by atoms with Crippen molar-refractivity contribution in [3.8, 4) is 0 Å². The zero-order valence-electron chi connectivity index (χ0n) is 3.91. The summed E-state index contributed by atoms with van der Waals surface area (Å²) < 4.78 is 0. The monoisotopic (exact) mass is 81.1 g/mol. The second-order valence-electron chi connectivity index (χ2n) is 1.05. The van der Waals surface area contributed by atoms with Gasteiger partial charge in [-0.05, 0) is 18.9 Å². The van der Waals surface area contributed by atoms with Crippen LogP contribution in [0.5, 0.6) is 0 Å². The Morgan fingerprint density at radius 2 is 2.33 bits per heavy atom. The van der Waals surface area contributed by atoms with Gasteiger partial charge in [-0.15, -0.1) is 5.73 Å². The molecule has 0 nitrogen and oxygen atoms in total. The van der Waals surface area contributed by atoms with Crippen LogP contribution >= 0.6 is 0 Å². The smallest absolute Gasteiger partial charge is 0.0275 e. The summed E-state index contributed by atoms with van der Waals surface area (Å²) in [5.41, 5.74) is 2.65. The number of unbranched alkanes of at least 4 members (excludes halogenated alkanes) is 1. The highest BCUT2D eigenvalue weighted by molar-refractivity contribution is 4.75. The Balaban J connectivity index is 2.86. The summed E-state index contributed by atoms with van der Waals surface area (Å²) in [6.07, 6.45) is 3.83. The van der Waals surface area contributed by atoms with Crippen LogP contribution in [0.1, 0.15) is 12.8 Å². The molecule has 0 spiro atoms. The fourth-order valence-corrected chi connectivity index (χ4v) is 0.204. The van der Waals surface area contributed by atoms with E-state index < -0.39 is 0 Å². The molecular weight excluding hydrogens is 72.1 g/mol. The fourth-order valence-electron chi connectivity index (χ4n) is 0.204. The summed E-state index contributed by atoms with van der Waals surface area (Å²) in [7, 11) is 0. The summed E-state index contributed by atoms with van der Waals surface area (Å²) in [6, 6.07) is 0. The third-order valence-corrected chi connectivity index (χ3v) is 0.493. The van der Waals surface area contributed by atoms with Gasteiger partial charge in [0.1, 0.15) is 0 Å². The first-order valence-electron chi connectivity index (χ1n) is 2.05. The van der Waals surface area contributed by atoms with Gasteiger partial charge >= 0.3 is 0 Å². The van der Waals surface area contributed by atoms with Crippen molar-refractivity contribution in [2.75, 3.05) is 0 Å². The molecule has 0 aliphatic carbocycles. The van der Waals surface area contributed by atoms with Gasteiger partial charge in [0.15, 0.2) is 0 Å². The van der Waals surface area contributed by atoms with Crippen LogP contribution in [0.3, 0.4) is 0 Å². The van der Waals surface area contributed by atoms with Crippen LogP contribution in [-0.2, 0) is 0 Å². The van der Waals surface area contributed by atoms with Crippen LogP contribution in [0.25, 0.3) is 0 Å². The Morgan fingerprint density at radius 3 is 2.50 bits per heavy atom. The number of rotatable bonds is 2. The highest BCUT2D eigenvalue weighted by atomic mass is 13.7. The molecule has 0 heteroatoms. The minimum Gasteiger partial charge on any atom is -0.133 e. The van der Waals surface area contributed by atoms with Gasteiger partial charge in [0.2, 0.25) is 0 Å². The number of hydrogen-bond donors (Lipinski definition) is 0. The van der Waals surface area contributed by atoms with Crippen LogP contribution in [0.2, 0.25) is 0 Å². The molecule has 0 atom stereocenters. The van der Waals surface area contributed by atoms with Gasteiger partial charge in [-0.2, -0.15) is 0 Å². The number of allylic oxidation sites excluding steroid dienone is 1. The van der Waals surface area contributed by atoms with E-state index >= 15 is 0 Å². The Hall–Kier alpha value is -0.480. The second-order valence-corrected chi connectivity index (χ2v) is 1.05. The van der Waals surface area contributed by atoms with E-state index in [1.807, 2.05) is 6.08 Å². The molecule has 0 saturated carbocycles. The highest BCUT2D eigenvalue weighted by Crippen LogP contribution is 1.82. The molecule has 0 aliphatic heterocycles. The minimum absolute atomic E-state index is 0.947. The van der Waals surface area contributed by atoms with Crippen LogP contribution in [-0.4, -0.2) is 0 Å². The summed E-state index contributed by atoms with van der Waals surface area (Å²) >= 11 is 0. The van der Waals surface area contributed by atoms with E-state index in [0.717, 1.165) is 12.8 Å². The van der Waals surface area contributed by atoms with E-state index in [0.29, 0.717) is 0 Å². The molecular formula is C6H9. The Labute approximate surface area is 39.2 Å². The molecule has 0 aliphatic rings. The molecule has 0 heterocycles. The van der Waals surface area contributed by atoms with Gasteiger partial charge in [-0.3, -0.25) is 0 Å². The van der Waals surface area contributed by atoms with Crippen molar-refractivity contribution in [1.29, 1.82) is 0 Å². The molecule has 33 valence electrons. The van der Waals surface area contributed by atoms with Crippen molar-refractivity contribution in [1.82, 2.24) is 0 Å². The average Bonchev–Trinajstić information content (AvgIpc) is 1.61. The predicted octanol–water partition coefficient (Wildman–Crippen LogP) is 1.94. The lowest BCUT2D eigenvalue weighted by Crippen LogP contribution is -1.54. The van der Waals surface area contributed by atoms with Crippen molar-refractivity contribution in [2.45, 2.75) is 12.8 Å². The van der Waals surface area contributed by atoms with E-state index in [-0.39, 0.29) is 0 Å². The van der Waals surface area contributed by atoms with Crippen molar-refractivity contribution < 1.29 is 0 Å².